The van der Waals surface area contributed by atoms with E-state index in [1.807, 2.05) is 12.1 Å². The van der Waals surface area contributed by atoms with E-state index in [1.54, 1.807) is 12.1 Å². The quantitative estimate of drug-likeness (QED) is 0.671. The normalized spacial score (nSPS) is 16.5. The molecule has 0 radical (unpaired) electrons. The minimum Gasteiger partial charge on any atom is -0.491 e. The molecular weight excluding hydrogens is 244 g/mol. The maximum Gasteiger partial charge on any atom is 0.223 e. The van der Waals surface area contributed by atoms with Crippen LogP contribution in [0.4, 0.5) is 5.69 Å². The summed E-state index contributed by atoms with van der Waals surface area (Å²) in [5, 5.41) is 12.1. The van der Waals surface area contributed by atoms with Crippen LogP contribution in [0.2, 0.25) is 0 Å². The Morgan fingerprint density at radius 3 is 2.74 bits per heavy atom. The number of nitrogens with two attached hydrogens (primary N) is 1. The first-order chi connectivity index (χ1) is 9.15. The summed E-state index contributed by atoms with van der Waals surface area (Å²) in [6.45, 7) is 0.285. The van der Waals surface area contributed by atoms with Gasteiger partial charge in [-0.1, -0.05) is 12.1 Å². The first kappa shape index (κ1) is 13.7. The lowest BCUT2D eigenvalue weighted by Crippen LogP contribution is -2.56. The number of carbonyl (C=O) groups excluding carboxylic acids is 1. The third-order valence-electron chi connectivity index (χ3n) is 3.52. The van der Waals surface area contributed by atoms with Crippen molar-refractivity contribution in [2.45, 2.75) is 31.2 Å². The number of hydrogen-bond acceptors (Lipinski definition) is 4. The first-order valence-electron chi connectivity index (χ1n) is 6.54. The summed E-state index contributed by atoms with van der Waals surface area (Å²) in [5.41, 5.74) is 5.91. The molecule has 19 heavy (non-hydrogen) atoms. The maximum absolute atomic E-state index is 11.8. The molecule has 1 aliphatic carbocycles. The van der Waals surface area contributed by atoms with E-state index in [1.165, 1.54) is 0 Å². The zero-order valence-corrected chi connectivity index (χ0v) is 10.9. The summed E-state index contributed by atoms with van der Waals surface area (Å²) < 4.78 is 5.46. The van der Waals surface area contributed by atoms with Crippen molar-refractivity contribution in [3.63, 3.8) is 0 Å². The number of nitrogens with one attached hydrogen (secondary N) is 1. The van der Waals surface area contributed by atoms with E-state index in [2.05, 4.69) is 5.32 Å². The van der Waals surface area contributed by atoms with Gasteiger partial charge in [-0.2, -0.15) is 0 Å². The first-order valence-corrected chi connectivity index (χ1v) is 6.54. The summed E-state index contributed by atoms with van der Waals surface area (Å²) in [6.07, 6.45) is 3.01. The fraction of sp³-hybridized carbons (Fsp3) is 0.500. The van der Waals surface area contributed by atoms with Crippen LogP contribution < -0.4 is 15.8 Å². The molecule has 4 N–H and O–H groups in total. The van der Waals surface area contributed by atoms with Crippen molar-refractivity contribution in [1.29, 1.82) is 0 Å². The molecule has 1 amide bonds. The average Bonchev–Trinajstić information content (AvgIpc) is 2.36. The Labute approximate surface area is 112 Å². The van der Waals surface area contributed by atoms with Crippen molar-refractivity contribution in [3.8, 4) is 5.75 Å². The lowest BCUT2D eigenvalue weighted by Gasteiger charge is -2.40. The summed E-state index contributed by atoms with van der Waals surface area (Å²) in [4.78, 5) is 11.8. The molecule has 1 aromatic carbocycles. The SMILES string of the molecule is Nc1ccccc1OCCC(=O)NC1(CO)CCC1. The molecule has 1 aromatic rings. The number of carbonyl (C=O) groups is 1. The minimum absolute atomic E-state index is 0.00519. The Morgan fingerprint density at radius 2 is 2.16 bits per heavy atom. The van der Waals surface area contributed by atoms with E-state index >= 15 is 0 Å². The van der Waals surface area contributed by atoms with Gasteiger partial charge in [0.15, 0.2) is 0 Å². The van der Waals surface area contributed by atoms with Crippen molar-refractivity contribution in [1.82, 2.24) is 5.32 Å². The van der Waals surface area contributed by atoms with Crippen LogP contribution in [0.15, 0.2) is 24.3 Å². The summed E-state index contributed by atoms with van der Waals surface area (Å²) >= 11 is 0. The third-order valence-corrected chi connectivity index (χ3v) is 3.52. The molecular formula is C14H20N2O3. The summed E-state index contributed by atoms with van der Waals surface area (Å²) in [5.74, 6) is 0.499. The number of rotatable bonds is 6. The van der Waals surface area contributed by atoms with Crippen LogP contribution in [-0.2, 0) is 4.79 Å². The van der Waals surface area contributed by atoms with Gasteiger partial charge in [-0.15, -0.1) is 0 Å². The second-order valence-corrected chi connectivity index (χ2v) is 4.98. The van der Waals surface area contributed by atoms with E-state index in [0.29, 0.717) is 11.4 Å². The second-order valence-electron chi connectivity index (χ2n) is 4.98. The van der Waals surface area contributed by atoms with Gasteiger partial charge in [0.05, 0.1) is 30.9 Å². The van der Waals surface area contributed by atoms with Gasteiger partial charge < -0.3 is 20.9 Å². The molecule has 0 heterocycles. The van der Waals surface area contributed by atoms with Crippen molar-refractivity contribution in [3.05, 3.63) is 24.3 Å². The van der Waals surface area contributed by atoms with Gasteiger partial charge >= 0.3 is 0 Å². The predicted molar refractivity (Wildman–Crippen MR) is 72.8 cm³/mol. The standard InChI is InChI=1S/C14H20N2O3/c15-11-4-1-2-5-12(11)19-9-6-13(18)16-14(10-17)7-3-8-14/h1-2,4-5,17H,3,6-10,15H2,(H,16,18). The zero-order chi connectivity index (χ0) is 13.7. The molecule has 1 fully saturated rings. The molecule has 5 nitrogen and oxygen atoms in total. The fourth-order valence-electron chi connectivity index (χ4n) is 2.15. The van der Waals surface area contributed by atoms with Crippen molar-refractivity contribution >= 4 is 11.6 Å². The van der Waals surface area contributed by atoms with Crippen LogP contribution in [-0.4, -0.2) is 29.8 Å². The Bertz CT molecular complexity index is 439. The number of ether oxygens (including phenoxy) is 1. The molecule has 0 bridgehead atoms. The molecule has 0 aliphatic heterocycles. The highest BCUT2D eigenvalue weighted by atomic mass is 16.5. The second kappa shape index (κ2) is 5.93. The third kappa shape index (κ3) is 3.38. The highest BCUT2D eigenvalue weighted by molar-refractivity contribution is 5.77. The van der Waals surface area contributed by atoms with Crippen molar-refractivity contribution in [2.75, 3.05) is 18.9 Å². The largest absolute Gasteiger partial charge is 0.491 e. The van der Waals surface area contributed by atoms with E-state index in [4.69, 9.17) is 10.5 Å². The molecule has 1 aliphatic rings. The summed E-state index contributed by atoms with van der Waals surface area (Å²) in [6, 6.07) is 7.19. The van der Waals surface area contributed by atoms with Gasteiger partial charge in [-0.05, 0) is 31.4 Å². The van der Waals surface area contributed by atoms with Gasteiger partial charge in [-0.3, -0.25) is 4.79 Å². The molecule has 0 saturated heterocycles. The predicted octanol–water partition coefficient (Wildman–Crippen LogP) is 1.07. The number of nitrogen functional groups attached to an aromatic ring is 1. The van der Waals surface area contributed by atoms with Crippen LogP contribution in [0.25, 0.3) is 0 Å². The Kier molecular flexibility index (Phi) is 4.27. The van der Waals surface area contributed by atoms with Crippen molar-refractivity contribution in [2.24, 2.45) is 0 Å². The number of amides is 1. The monoisotopic (exact) mass is 264 g/mol. The van der Waals surface area contributed by atoms with Crippen LogP contribution >= 0.6 is 0 Å². The van der Waals surface area contributed by atoms with E-state index in [-0.39, 0.29) is 31.1 Å². The highest BCUT2D eigenvalue weighted by Crippen LogP contribution is 2.31. The number of anilines is 1. The van der Waals surface area contributed by atoms with Gasteiger partial charge in [0.1, 0.15) is 5.75 Å². The van der Waals surface area contributed by atoms with Gasteiger partial charge in [-0.25, -0.2) is 0 Å². The van der Waals surface area contributed by atoms with Gasteiger partial charge in [0.25, 0.3) is 0 Å². The van der Waals surface area contributed by atoms with Crippen LogP contribution in [0.5, 0.6) is 5.75 Å². The topological polar surface area (TPSA) is 84.6 Å². The number of para-hydroxylation sites is 2. The van der Waals surface area contributed by atoms with Crippen molar-refractivity contribution < 1.29 is 14.6 Å². The summed E-state index contributed by atoms with van der Waals surface area (Å²) in [7, 11) is 0. The van der Waals surface area contributed by atoms with E-state index in [0.717, 1.165) is 19.3 Å². The molecule has 0 aromatic heterocycles. The van der Waals surface area contributed by atoms with Gasteiger partial charge in [0.2, 0.25) is 5.91 Å². The van der Waals surface area contributed by atoms with Crippen LogP contribution in [0.1, 0.15) is 25.7 Å². The highest BCUT2D eigenvalue weighted by Gasteiger charge is 2.37. The number of hydrogen-bond donors (Lipinski definition) is 3. The molecule has 5 heteroatoms. The smallest absolute Gasteiger partial charge is 0.223 e. The number of aliphatic hydroxyl groups is 1. The molecule has 1 saturated carbocycles. The Hall–Kier alpha value is -1.75. The number of aliphatic hydroxyl groups excluding tert-OH is 1. The lowest BCUT2D eigenvalue weighted by molar-refractivity contribution is -0.125. The van der Waals surface area contributed by atoms with Crippen LogP contribution in [0.3, 0.4) is 0 Å². The molecule has 0 atom stereocenters. The van der Waals surface area contributed by atoms with Gasteiger partial charge in [0, 0.05) is 0 Å². The lowest BCUT2D eigenvalue weighted by atomic mass is 9.77. The van der Waals surface area contributed by atoms with E-state index < -0.39 is 0 Å². The molecule has 2 rings (SSSR count). The Balaban J connectivity index is 1.74. The average molecular weight is 264 g/mol. The fourth-order valence-corrected chi connectivity index (χ4v) is 2.15. The molecule has 104 valence electrons. The molecule has 0 unspecified atom stereocenters. The Morgan fingerprint density at radius 1 is 1.42 bits per heavy atom. The number of benzene rings is 1. The zero-order valence-electron chi connectivity index (χ0n) is 10.9. The maximum atomic E-state index is 11.8. The minimum atomic E-state index is -0.386. The molecule has 0 spiro atoms. The van der Waals surface area contributed by atoms with Crippen LogP contribution in [0, 0.1) is 0 Å². The van der Waals surface area contributed by atoms with E-state index in [9.17, 15) is 9.90 Å².